The number of amides is 1. The van der Waals surface area contributed by atoms with E-state index in [0.717, 1.165) is 12.9 Å². The molecule has 0 aliphatic rings. The summed E-state index contributed by atoms with van der Waals surface area (Å²) in [4.78, 5) is 12.6. The maximum absolute atomic E-state index is 12.6. The van der Waals surface area contributed by atoms with Crippen LogP contribution < -0.4 is 14.8 Å². The fraction of sp³-hybridized carbons (Fsp3) is 0.0500. The van der Waals surface area contributed by atoms with Crippen LogP contribution in [-0.4, -0.2) is 13.0 Å². The molecule has 132 valence electrons. The van der Waals surface area contributed by atoms with Gasteiger partial charge < -0.3 is 14.8 Å². The molecule has 0 aromatic heterocycles. The van der Waals surface area contributed by atoms with E-state index in [1.165, 1.54) is 0 Å². The molecule has 3 aromatic rings. The molecule has 26 heavy (non-hydrogen) atoms. The first-order valence-electron chi connectivity index (χ1n) is 7.74. The normalized spacial score (nSPS) is 10.3. The molecule has 0 bridgehead atoms. The number of benzene rings is 3. The van der Waals surface area contributed by atoms with Crippen LogP contribution in [-0.2, 0) is 0 Å². The van der Waals surface area contributed by atoms with Gasteiger partial charge in [-0.2, -0.15) is 0 Å². The van der Waals surface area contributed by atoms with Crippen molar-refractivity contribution >= 4 is 56.8 Å². The molecule has 1 N–H and O–H groups in total. The summed E-state index contributed by atoms with van der Waals surface area (Å²) < 4.78 is 13.0. The predicted molar refractivity (Wildman–Crippen MR) is 119 cm³/mol. The summed E-state index contributed by atoms with van der Waals surface area (Å²) in [5, 5.41) is 2.90. The van der Waals surface area contributed by atoms with E-state index in [1.807, 2.05) is 66.7 Å². The Labute approximate surface area is 179 Å². The summed E-state index contributed by atoms with van der Waals surface area (Å²) >= 11 is 4.35. The fourth-order valence-corrected chi connectivity index (χ4v) is 4.43. The fourth-order valence-electron chi connectivity index (χ4n) is 2.37. The Morgan fingerprint density at radius 1 is 0.923 bits per heavy atom. The number of hydrogen-bond donors (Lipinski definition) is 1. The van der Waals surface area contributed by atoms with Crippen LogP contribution in [0.15, 0.2) is 66.7 Å². The highest BCUT2D eigenvalue weighted by atomic mass is 127. The number of halogens is 2. The number of methoxy groups -OCH3 is 1. The number of rotatable bonds is 5. The van der Waals surface area contributed by atoms with Gasteiger partial charge in [-0.3, -0.25) is 4.79 Å². The molecule has 3 rings (SSSR count). The van der Waals surface area contributed by atoms with E-state index in [0.29, 0.717) is 22.7 Å². The van der Waals surface area contributed by atoms with E-state index in [1.54, 1.807) is 7.11 Å². The summed E-state index contributed by atoms with van der Waals surface area (Å²) in [6.07, 6.45) is 0. The zero-order valence-corrected chi connectivity index (χ0v) is 18.1. The van der Waals surface area contributed by atoms with Crippen molar-refractivity contribution in [2.75, 3.05) is 12.4 Å². The van der Waals surface area contributed by atoms with E-state index in [9.17, 15) is 4.79 Å². The molecule has 0 aliphatic heterocycles. The highest BCUT2D eigenvalue weighted by molar-refractivity contribution is 14.1. The molecule has 0 atom stereocenters. The summed E-state index contributed by atoms with van der Waals surface area (Å²) in [6.45, 7) is 0. The molecule has 0 fully saturated rings. The van der Waals surface area contributed by atoms with Crippen LogP contribution >= 0.6 is 45.2 Å². The van der Waals surface area contributed by atoms with E-state index >= 15 is 0 Å². The van der Waals surface area contributed by atoms with E-state index < -0.39 is 0 Å². The number of ether oxygens (including phenoxy) is 2. The third-order valence-electron chi connectivity index (χ3n) is 3.55. The highest BCUT2D eigenvalue weighted by Gasteiger charge is 2.16. The molecule has 0 unspecified atom stereocenters. The Morgan fingerprint density at radius 2 is 1.58 bits per heavy atom. The lowest BCUT2D eigenvalue weighted by Crippen LogP contribution is -2.14. The number of anilines is 1. The molecule has 6 heteroatoms. The van der Waals surface area contributed by atoms with E-state index in [2.05, 4.69) is 50.5 Å². The molecule has 0 aliphatic carbocycles. The molecule has 3 aromatic carbocycles. The molecule has 1 amide bonds. The van der Waals surface area contributed by atoms with Gasteiger partial charge in [0.25, 0.3) is 5.91 Å². The standard InChI is InChI=1S/C20H15I2NO3/c1-25-19-17(11-13(21)12-18(19)22)20(24)23-14-7-9-16(10-8-14)26-15-5-3-2-4-6-15/h2-12H,1H3,(H,23,24). The number of para-hydroxylation sites is 1. The van der Waals surface area contributed by atoms with Crippen molar-refractivity contribution in [2.24, 2.45) is 0 Å². The summed E-state index contributed by atoms with van der Waals surface area (Å²) in [7, 11) is 1.57. The van der Waals surface area contributed by atoms with Crippen LogP contribution in [0, 0.1) is 7.14 Å². The Bertz CT molecular complexity index is 912. The van der Waals surface area contributed by atoms with Gasteiger partial charge in [0.15, 0.2) is 0 Å². The highest BCUT2D eigenvalue weighted by Crippen LogP contribution is 2.29. The van der Waals surface area contributed by atoms with Gasteiger partial charge in [-0.1, -0.05) is 18.2 Å². The lowest BCUT2D eigenvalue weighted by molar-refractivity contribution is 0.102. The molecule has 4 nitrogen and oxygen atoms in total. The van der Waals surface area contributed by atoms with Crippen molar-refractivity contribution < 1.29 is 14.3 Å². The SMILES string of the molecule is COc1c(I)cc(I)cc1C(=O)Nc1ccc(Oc2ccccc2)cc1. The van der Waals surface area contributed by atoms with Crippen molar-refractivity contribution in [1.29, 1.82) is 0 Å². The first-order chi connectivity index (χ1) is 12.6. The first kappa shape index (κ1) is 19.0. The maximum atomic E-state index is 12.6. The Balaban J connectivity index is 1.74. The minimum atomic E-state index is -0.213. The summed E-state index contributed by atoms with van der Waals surface area (Å²) in [5.41, 5.74) is 1.19. The zero-order valence-electron chi connectivity index (χ0n) is 13.8. The molecule has 0 heterocycles. The second-order valence-corrected chi connectivity index (χ2v) is 7.77. The van der Waals surface area contributed by atoms with Gasteiger partial charge in [-0.25, -0.2) is 0 Å². The Hall–Kier alpha value is -1.81. The summed E-state index contributed by atoms with van der Waals surface area (Å²) in [5.74, 6) is 1.83. The van der Waals surface area contributed by atoms with Gasteiger partial charge in [0.05, 0.1) is 16.2 Å². The van der Waals surface area contributed by atoms with Gasteiger partial charge in [0.2, 0.25) is 0 Å². The van der Waals surface area contributed by atoms with Crippen molar-refractivity contribution in [3.63, 3.8) is 0 Å². The number of hydrogen-bond acceptors (Lipinski definition) is 3. The Morgan fingerprint density at radius 3 is 2.23 bits per heavy atom. The molecule has 0 spiro atoms. The van der Waals surface area contributed by atoms with Gasteiger partial charge in [0.1, 0.15) is 17.2 Å². The van der Waals surface area contributed by atoms with Gasteiger partial charge >= 0.3 is 0 Å². The smallest absolute Gasteiger partial charge is 0.259 e. The van der Waals surface area contributed by atoms with Gasteiger partial charge in [-0.05, 0) is 93.7 Å². The largest absolute Gasteiger partial charge is 0.495 e. The second kappa shape index (κ2) is 8.72. The van der Waals surface area contributed by atoms with Crippen molar-refractivity contribution in [3.8, 4) is 17.2 Å². The van der Waals surface area contributed by atoms with Crippen LogP contribution in [0.25, 0.3) is 0 Å². The van der Waals surface area contributed by atoms with Gasteiger partial charge in [-0.15, -0.1) is 0 Å². The minimum Gasteiger partial charge on any atom is -0.495 e. The first-order valence-corrected chi connectivity index (χ1v) is 9.90. The maximum Gasteiger partial charge on any atom is 0.259 e. The average molecular weight is 571 g/mol. The van der Waals surface area contributed by atoms with Crippen molar-refractivity contribution in [3.05, 3.63) is 79.4 Å². The average Bonchev–Trinajstić information content (AvgIpc) is 2.63. The third-order valence-corrected chi connectivity index (χ3v) is 4.97. The number of carbonyl (C=O) groups excluding carboxylic acids is 1. The monoisotopic (exact) mass is 571 g/mol. The predicted octanol–water partition coefficient (Wildman–Crippen LogP) is 5.95. The number of nitrogens with one attached hydrogen (secondary N) is 1. The molecular weight excluding hydrogens is 556 g/mol. The van der Waals surface area contributed by atoms with E-state index in [4.69, 9.17) is 9.47 Å². The third kappa shape index (κ3) is 4.67. The zero-order chi connectivity index (χ0) is 18.5. The molecule has 0 saturated carbocycles. The quantitative estimate of drug-likeness (QED) is 0.386. The molecule has 0 saturated heterocycles. The molecular formula is C20H15I2NO3. The lowest BCUT2D eigenvalue weighted by atomic mass is 10.2. The van der Waals surface area contributed by atoms with Crippen molar-refractivity contribution in [1.82, 2.24) is 0 Å². The van der Waals surface area contributed by atoms with Crippen LogP contribution in [0.4, 0.5) is 5.69 Å². The van der Waals surface area contributed by atoms with E-state index in [-0.39, 0.29) is 5.91 Å². The van der Waals surface area contributed by atoms with Crippen LogP contribution in [0.5, 0.6) is 17.2 Å². The van der Waals surface area contributed by atoms with Crippen LogP contribution in [0.3, 0.4) is 0 Å². The molecule has 0 radical (unpaired) electrons. The Kier molecular flexibility index (Phi) is 6.36. The topological polar surface area (TPSA) is 47.6 Å². The van der Waals surface area contributed by atoms with Crippen LogP contribution in [0.1, 0.15) is 10.4 Å². The van der Waals surface area contributed by atoms with Gasteiger partial charge in [0, 0.05) is 9.26 Å². The van der Waals surface area contributed by atoms with Crippen LogP contribution in [0.2, 0.25) is 0 Å². The lowest BCUT2D eigenvalue weighted by Gasteiger charge is -2.12. The number of carbonyl (C=O) groups is 1. The van der Waals surface area contributed by atoms with Crippen molar-refractivity contribution in [2.45, 2.75) is 0 Å². The second-order valence-electron chi connectivity index (χ2n) is 5.36. The summed E-state index contributed by atoms with van der Waals surface area (Å²) in [6, 6.07) is 20.6. The minimum absolute atomic E-state index is 0.213.